The van der Waals surface area contributed by atoms with Crippen molar-refractivity contribution in [3.05, 3.63) is 59.1 Å². The summed E-state index contributed by atoms with van der Waals surface area (Å²) in [6.07, 6.45) is 1.16. The van der Waals surface area contributed by atoms with Crippen LogP contribution in [-0.2, 0) is 16.1 Å². The van der Waals surface area contributed by atoms with E-state index in [1.54, 1.807) is 17.8 Å². The summed E-state index contributed by atoms with van der Waals surface area (Å²) in [5.41, 5.74) is 0.872. The van der Waals surface area contributed by atoms with Gasteiger partial charge in [-0.25, -0.2) is 4.39 Å². The molecule has 0 atom stereocenters. The summed E-state index contributed by atoms with van der Waals surface area (Å²) in [5.74, 6) is 0.431. The lowest BCUT2D eigenvalue weighted by molar-refractivity contribution is -0.118. The number of fused-ring (bicyclic) bond motifs is 1. The van der Waals surface area contributed by atoms with Gasteiger partial charge in [0.2, 0.25) is 5.91 Å². The molecule has 3 rings (SSSR count). The highest BCUT2D eigenvalue weighted by Gasteiger charge is 2.09. The van der Waals surface area contributed by atoms with Gasteiger partial charge in [0.1, 0.15) is 5.82 Å². The lowest BCUT2D eigenvalue weighted by Gasteiger charge is -2.05. The maximum Gasteiger partial charge on any atom is 0.248 e. The van der Waals surface area contributed by atoms with Crippen molar-refractivity contribution in [2.24, 2.45) is 4.99 Å². The maximum absolute atomic E-state index is 13.6. The SMILES string of the molecule is CCOCCn1c(=NC(=O)CCCSc2ccccc2)sc2cc(F)ccc21. The molecule has 0 spiro atoms. The number of benzene rings is 2. The maximum atomic E-state index is 13.6. The molecule has 0 saturated heterocycles. The fourth-order valence-corrected chi connectivity index (χ4v) is 4.71. The van der Waals surface area contributed by atoms with Crippen LogP contribution in [0.3, 0.4) is 0 Å². The van der Waals surface area contributed by atoms with Crippen molar-refractivity contribution in [2.45, 2.75) is 31.2 Å². The summed E-state index contributed by atoms with van der Waals surface area (Å²) in [7, 11) is 0. The molecule has 0 N–H and O–H groups in total. The van der Waals surface area contributed by atoms with Gasteiger partial charge in [-0.05, 0) is 49.4 Å². The molecule has 1 amide bonds. The summed E-state index contributed by atoms with van der Waals surface area (Å²) in [5, 5.41) is 0. The highest BCUT2D eigenvalue weighted by atomic mass is 32.2. The minimum absolute atomic E-state index is 0.147. The first-order chi connectivity index (χ1) is 13.7. The Morgan fingerprint density at radius 1 is 1.25 bits per heavy atom. The number of hydrogen-bond donors (Lipinski definition) is 0. The highest BCUT2D eigenvalue weighted by Crippen LogP contribution is 2.20. The fraction of sp³-hybridized carbons (Fsp3) is 0.333. The third-order valence-corrected chi connectivity index (χ3v) is 6.21. The van der Waals surface area contributed by atoms with Crippen molar-refractivity contribution in [2.75, 3.05) is 19.0 Å². The van der Waals surface area contributed by atoms with E-state index in [0.717, 1.165) is 22.4 Å². The Labute approximate surface area is 172 Å². The topological polar surface area (TPSA) is 43.6 Å². The number of hydrogen-bond acceptors (Lipinski definition) is 4. The molecule has 0 radical (unpaired) electrons. The van der Waals surface area contributed by atoms with E-state index >= 15 is 0 Å². The number of thioether (sulfide) groups is 1. The number of ether oxygens (including phenoxy) is 1. The zero-order chi connectivity index (χ0) is 19.8. The van der Waals surface area contributed by atoms with E-state index in [1.165, 1.54) is 28.4 Å². The molecular weight excluding hydrogens is 395 g/mol. The van der Waals surface area contributed by atoms with Crippen LogP contribution in [0.15, 0.2) is 58.4 Å². The van der Waals surface area contributed by atoms with Crippen LogP contribution in [0.1, 0.15) is 19.8 Å². The first-order valence-electron chi connectivity index (χ1n) is 9.29. The summed E-state index contributed by atoms with van der Waals surface area (Å²) in [6, 6.07) is 14.8. The second-order valence-electron chi connectivity index (χ2n) is 6.12. The van der Waals surface area contributed by atoms with Crippen molar-refractivity contribution in [3.63, 3.8) is 0 Å². The van der Waals surface area contributed by atoms with Crippen molar-refractivity contribution in [1.82, 2.24) is 4.57 Å². The first kappa shape index (κ1) is 20.8. The quantitative estimate of drug-likeness (QED) is 0.367. The van der Waals surface area contributed by atoms with Crippen LogP contribution < -0.4 is 4.80 Å². The number of carbonyl (C=O) groups excluding carboxylic acids is 1. The normalized spacial score (nSPS) is 12.0. The predicted octanol–water partition coefficient (Wildman–Crippen LogP) is 4.88. The molecule has 0 aliphatic rings. The van der Waals surface area contributed by atoms with Crippen molar-refractivity contribution in [3.8, 4) is 0 Å². The largest absolute Gasteiger partial charge is 0.380 e. The highest BCUT2D eigenvalue weighted by molar-refractivity contribution is 7.99. The van der Waals surface area contributed by atoms with Gasteiger partial charge in [-0.3, -0.25) is 4.79 Å². The standard InChI is InChI=1S/C21H23FN2O2S2/c1-2-26-13-12-24-18-11-10-16(22)15-19(18)28-21(24)23-20(25)9-6-14-27-17-7-4-3-5-8-17/h3-5,7-8,10-11,15H,2,6,9,12-14H2,1H3. The Kier molecular flexibility index (Phi) is 7.82. The Morgan fingerprint density at radius 3 is 2.86 bits per heavy atom. The summed E-state index contributed by atoms with van der Waals surface area (Å²) in [4.78, 5) is 18.5. The monoisotopic (exact) mass is 418 g/mol. The van der Waals surface area contributed by atoms with E-state index in [9.17, 15) is 9.18 Å². The lowest BCUT2D eigenvalue weighted by Crippen LogP contribution is -2.19. The van der Waals surface area contributed by atoms with Gasteiger partial charge >= 0.3 is 0 Å². The van der Waals surface area contributed by atoms with Crippen LogP contribution in [0.25, 0.3) is 10.2 Å². The Hall–Kier alpha value is -1.96. The van der Waals surface area contributed by atoms with Crippen LogP contribution in [0.4, 0.5) is 4.39 Å². The summed E-state index contributed by atoms with van der Waals surface area (Å²) >= 11 is 3.07. The van der Waals surface area contributed by atoms with Crippen molar-refractivity contribution < 1.29 is 13.9 Å². The molecule has 28 heavy (non-hydrogen) atoms. The molecule has 148 valence electrons. The number of nitrogens with zero attached hydrogens (tertiary/aromatic N) is 2. The average Bonchev–Trinajstić information content (AvgIpc) is 3.02. The summed E-state index contributed by atoms with van der Waals surface area (Å²) < 4.78 is 21.7. The van der Waals surface area contributed by atoms with E-state index in [-0.39, 0.29) is 11.7 Å². The van der Waals surface area contributed by atoms with Gasteiger partial charge in [0.15, 0.2) is 4.80 Å². The van der Waals surface area contributed by atoms with E-state index in [0.29, 0.717) is 31.0 Å². The Balaban J connectivity index is 1.68. The molecule has 0 aliphatic carbocycles. The third-order valence-electron chi connectivity index (χ3n) is 4.08. The molecular formula is C21H23FN2O2S2. The number of amides is 1. The van der Waals surface area contributed by atoms with Crippen LogP contribution in [0.5, 0.6) is 0 Å². The van der Waals surface area contributed by atoms with Gasteiger partial charge in [0.05, 0.1) is 16.8 Å². The van der Waals surface area contributed by atoms with Crippen LogP contribution in [0.2, 0.25) is 0 Å². The van der Waals surface area contributed by atoms with E-state index in [4.69, 9.17) is 4.74 Å². The number of carbonyl (C=O) groups is 1. The van der Waals surface area contributed by atoms with Crippen molar-refractivity contribution in [1.29, 1.82) is 0 Å². The number of rotatable bonds is 9. The van der Waals surface area contributed by atoms with E-state index < -0.39 is 0 Å². The van der Waals surface area contributed by atoms with Gasteiger partial charge in [0, 0.05) is 24.5 Å². The molecule has 2 aromatic carbocycles. The molecule has 0 fully saturated rings. The second kappa shape index (κ2) is 10.5. The molecule has 1 heterocycles. The van der Waals surface area contributed by atoms with Gasteiger partial charge in [-0.2, -0.15) is 4.99 Å². The zero-order valence-corrected chi connectivity index (χ0v) is 17.4. The van der Waals surface area contributed by atoms with Crippen LogP contribution >= 0.6 is 23.1 Å². The smallest absolute Gasteiger partial charge is 0.248 e. The van der Waals surface area contributed by atoms with E-state index in [1.807, 2.05) is 29.7 Å². The molecule has 4 nitrogen and oxygen atoms in total. The van der Waals surface area contributed by atoms with Crippen LogP contribution in [0, 0.1) is 5.82 Å². The number of aromatic nitrogens is 1. The lowest BCUT2D eigenvalue weighted by atomic mass is 10.3. The van der Waals surface area contributed by atoms with E-state index in [2.05, 4.69) is 17.1 Å². The summed E-state index contributed by atoms with van der Waals surface area (Å²) in [6.45, 7) is 3.67. The molecule has 0 unspecified atom stereocenters. The van der Waals surface area contributed by atoms with Crippen LogP contribution in [-0.4, -0.2) is 29.4 Å². The third kappa shape index (κ3) is 5.77. The molecule has 1 aromatic heterocycles. The van der Waals surface area contributed by atoms with Gasteiger partial charge in [-0.15, -0.1) is 11.8 Å². The Morgan fingerprint density at radius 2 is 2.07 bits per heavy atom. The zero-order valence-electron chi connectivity index (χ0n) is 15.8. The molecule has 0 bridgehead atoms. The number of halogens is 1. The molecule has 0 aliphatic heterocycles. The number of thiazole rings is 1. The van der Waals surface area contributed by atoms with Gasteiger partial charge in [-0.1, -0.05) is 29.5 Å². The molecule has 0 saturated carbocycles. The minimum Gasteiger partial charge on any atom is -0.380 e. The van der Waals surface area contributed by atoms with Gasteiger partial charge < -0.3 is 9.30 Å². The van der Waals surface area contributed by atoms with Gasteiger partial charge in [0.25, 0.3) is 0 Å². The average molecular weight is 419 g/mol. The molecule has 3 aromatic rings. The molecule has 7 heteroatoms. The van der Waals surface area contributed by atoms with Crippen molar-refractivity contribution >= 4 is 39.2 Å². The first-order valence-corrected chi connectivity index (χ1v) is 11.1. The fourth-order valence-electron chi connectivity index (χ4n) is 2.74. The minimum atomic E-state index is -0.290. The second-order valence-corrected chi connectivity index (χ2v) is 8.29. The predicted molar refractivity (Wildman–Crippen MR) is 113 cm³/mol. The Bertz CT molecular complexity index is 983.